The normalized spacial score (nSPS) is 11.2. The topological polar surface area (TPSA) is 24.4 Å². The van der Waals surface area contributed by atoms with Crippen LogP contribution in [-0.2, 0) is 0 Å². The minimum Gasteiger partial charge on any atom is -0.267 e. The molecule has 62 valence electrons. The average molecular weight is 170 g/mol. The molecule has 0 heterocycles. The van der Waals surface area contributed by atoms with E-state index in [1.165, 1.54) is 6.20 Å². The summed E-state index contributed by atoms with van der Waals surface area (Å²) in [6, 6.07) is 0. The van der Waals surface area contributed by atoms with E-state index in [1.807, 2.05) is 0 Å². The Bertz CT molecular complexity index is 152. The molecule has 0 spiro atoms. The van der Waals surface area contributed by atoms with Gasteiger partial charge in [0, 0.05) is 18.5 Å². The van der Waals surface area contributed by atoms with Gasteiger partial charge in [-0.25, -0.2) is 0 Å². The number of allylic oxidation sites excluding steroid dienone is 1. The van der Waals surface area contributed by atoms with Crippen LogP contribution in [0.15, 0.2) is 30.4 Å². The molecule has 0 aliphatic carbocycles. The second kappa shape index (κ2) is 7.57. The van der Waals surface area contributed by atoms with Crippen LogP contribution in [0.2, 0.25) is 0 Å². The molecule has 0 aliphatic rings. The zero-order valence-corrected chi connectivity index (χ0v) is 7.48. The SMILES string of the molecule is C=CN=C(C=C)CCCNS. The largest absolute Gasteiger partial charge is 0.267 e. The zero-order valence-electron chi connectivity index (χ0n) is 6.58. The number of nitrogens with zero attached hydrogens (tertiary/aromatic N) is 1. The van der Waals surface area contributed by atoms with Crippen LogP contribution in [0, 0.1) is 0 Å². The molecule has 0 aromatic carbocycles. The summed E-state index contributed by atoms with van der Waals surface area (Å²) in [5.74, 6) is 0. The van der Waals surface area contributed by atoms with Crippen LogP contribution in [0.25, 0.3) is 0 Å². The fourth-order valence-electron chi connectivity index (χ4n) is 0.685. The molecule has 0 saturated heterocycles. The summed E-state index contributed by atoms with van der Waals surface area (Å²) in [6.45, 7) is 8.03. The van der Waals surface area contributed by atoms with E-state index in [0.717, 1.165) is 25.1 Å². The second-order valence-corrected chi connectivity index (χ2v) is 2.34. The van der Waals surface area contributed by atoms with Gasteiger partial charge in [-0.2, -0.15) is 0 Å². The molecule has 0 aromatic heterocycles. The first-order chi connectivity index (χ1) is 5.35. The number of thiol groups is 1. The zero-order chi connectivity index (χ0) is 8.53. The molecule has 11 heavy (non-hydrogen) atoms. The predicted octanol–water partition coefficient (Wildman–Crippen LogP) is 1.97. The molecule has 0 bridgehead atoms. The van der Waals surface area contributed by atoms with Crippen molar-refractivity contribution < 1.29 is 0 Å². The van der Waals surface area contributed by atoms with Crippen molar-refractivity contribution in [3.63, 3.8) is 0 Å². The molecule has 0 atom stereocenters. The van der Waals surface area contributed by atoms with Gasteiger partial charge in [0.2, 0.25) is 0 Å². The number of hydrogen-bond acceptors (Lipinski definition) is 3. The first-order valence-electron chi connectivity index (χ1n) is 3.52. The Morgan fingerprint density at radius 2 is 2.27 bits per heavy atom. The molecular weight excluding hydrogens is 156 g/mol. The summed E-state index contributed by atoms with van der Waals surface area (Å²) in [6.07, 6.45) is 5.22. The highest BCUT2D eigenvalue weighted by atomic mass is 32.1. The van der Waals surface area contributed by atoms with Crippen LogP contribution >= 0.6 is 12.8 Å². The highest BCUT2D eigenvalue weighted by molar-refractivity contribution is 7.78. The van der Waals surface area contributed by atoms with Crippen molar-refractivity contribution in [3.05, 3.63) is 25.4 Å². The quantitative estimate of drug-likeness (QED) is 0.355. The maximum atomic E-state index is 4.02. The highest BCUT2D eigenvalue weighted by Gasteiger charge is 1.91. The minimum atomic E-state index is 0.882. The van der Waals surface area contributed by atoms with Crippen LogP contribution in [0.4, 0.5) is 0 Å². The molecular formula is C8H14N2S. The number of hydrogen-bond donors (Lipinski definition) is 2. The van der Waals surface area contributed by atoms with Crippen molar-refractivity contribution >= 4 is 18.5 Å². The van der Waals surface area contributed by atoms with Crippen molar-refractivity contribution in [2.75, 3.05) is 6.54 Å². The van der Waals surface area contributed by atoms with Crippen molar-refractivity contribution in [1.82, 2.24) is 4.72 Å². The van der Waals surface area contributed by atoms with E-state index in [-0.39, 0.29) is 0 Å². The summed E-state index contributed by atoms with van der Waals surface area (Å²) in [5, 5.41) is 0. The van der Waals surface area contributed by atoms with Crippen molar-refractivity contribution in [1.29, 1.82) is 0 Å². The molecule has 0 aliphatic heterocycles. The fraction of sp³-hybridized carbons (Fsp3) is 0.375. The average Bonchev–Trinajstić information content (AvgIpc) is 2.03. The first kappa shape index (κ1) is 10.5. The monoisotopic (exact) mass is 170 g/mol. The lowest BCUT2D eigenvalue weighted by Gasteiger charge is -1.98. The third-order valence-electron chi connectivity index (χ3n) is 1.21. The summed E-state index contributed by atoms with van der Waals surface area (Å²) in [7, 11) is 0. The standard InChI is InChI=1S/C8H14N2S/c1-3-8(9-4-2)6-5-7-10-11/h3-4,10-11H,1-2,5-7H2. The lowest BCUT2D eigenvalue weighted by Crippen LogP contribution is -2.03. The summed E-state index contributed by atoms with van der Waals surface area (Å²) < 4.78 is 2.77. The van der Waals surface area contributed by atoms with Gasteiger partial charge in [0.05, 0.1) is 0 Å². The van der Waals surface area contributed by atoms with E-state index in [0.29, 0.717) is 0 Å². The molecule has 0 fully saturated rings. The minimum absolute atomic E-state index is 0.882. The molecule has 0 saturated carbocycles. The Hall–Kier alpha value is -0.540. The van der Waals surface area contributed by atoms with E-state index in [4.69, 9.17) is 0 Å². The van der Waals surface area contributed by atoms with Gasteiger partial charge in [-0.15, -0.1) is 0 Å². The number of aliphatic imine (C=N–C) groups is 1. The van der Waals surface area contributed by atoms with Gasteiger partial charge in [-0.05, 0) is 18.9 Å². The molecule has 3 heteroatoms. The van der Waals surface area contributed by atoms with Gasteiger partial charge in [-0.3, -0.25) is 9.71 Å². The molecule has 0 unspecified atom stereocenters. The van der Waals surface area contributed by atoms with E-state index < -0.39 is 0 Å². The van der Waals surface area contributed by atoms with E-state index in [9.17, 15) is 0 Å². The van der Waals surface area contributed by atoms with E-state index in [1.54, 1.807) is 6.08 Å². The molecule has 0 amide bonds. The van der Waals surface area contributed by atoms with Crippen molar-refractivity contribution in [2.24, 2.45) is 4.99 Å². The van der Waals surface area contributed by atoms with Gasteiger partial charge >= 0.3 is 0 Å². The van der Waals surface area contributed by atoms with E-state index in [2.05, 4.69) is 35.7 Å². The van der Waals surface area contributed by atoms with Crippen LogP contribution < -0.4 is 4.72 Å². The van der Waals surface area contributed by atoms with Crippen molar-refractivity contribution in [3.8, 4) is 0 Å². The molecule has 2 nitrogen and oxygen atoms in total. The molecule has 1 N–H and O–H groups in total. The lowest BCUT2D eigenvalue weighted by atomic mass is 10.2. The van der Waals surface area contributed by atoms with E-state index >= 15 is 0 Å². The number of nitrogens with one attached hydrogen (secondary N) is 1. The fourth-order valence-corrected chi connectivity index (χ4v) is 0.843. The smallest absolute Gasteiger partial charge is 0.0397 e. The Labute approximate surface area is 73.7 Å². The summed E-state index contributed by atoms with van der Waals surface area (Å²) >= 11 is 3.87. The van der Waals surface area contributed by atoms with Gasteiger partial charge in [-0.1, -0.05) is 26.0 Å². The summed E-state index contributed by atoms with van der Waals surface area (Å²) in [4.78, 5) is 4.02. The molecule has 0 rings (SSSR count). The maximum Gasteiger partial charge on any atom is 0.0397 e. The predicted molar refractivity (Wildman–Crippen MR) is 54.1 cm³/mol. The summed E-state index contributed by atoms with van der Waals surface area (Å²) in [5.41, 5.74) is 0.976. The first-order valence-corrected chi connectivity index (χ1v) is 3.96. The maximum absolute atomic E-state index is 4.02. The molecule has 0 radical (unpaired) electrons. The van der Waals surface area contributed by atoms with Gasteiger partial charge in [0.25, 0.3) is 0 Å². The van der Waals surface area contributed by atoms with Crippen molar-refractivity contribution in [2.45, 2.75) is 12.8 Å². The highest BCUT2D eigenvalue weighted by Crippen LogP contribution is 1.94. The van der Waals surface area contributed by atoms with Gasteiger partial charge in [0.1, 0.15) is 0 Å². The lowest BCUT2D eigenvalue weighted by molar-refractivity contribution is 0.839. The second-order valence-electron chi connectivity index (χ2n) is 2.02. The third kappa shape index (κ3) is 5.88. The Morgan fingerprint density at radius 3 is 2.73 bits per heavy atom. The Balaban J connectivity index is 3.60. The third-order valence-corrected chi connectivity index (χ3v) is 1.44. The Kier molecular flexibility index (Phi) is 7.19. The Morgan fingerprint density at radius 1 is 1.55 bits per heavy atom. The molecule has 0 aromatic rings. The van der Waals surface area contributed by atoms with Crippen LogP contribution in [0.5, 0.6) is 0 Å². The van der Waals surface area contributed by atoms with Crippen LogP contribution in [-0.4, -0.2) is 12.3 Å². The van der Waals surface area contributed by atoms with Gasteiger partial charge < -0.3 is 0 Å². The number of rotatable bonds is 6. The van der Waals surface area contributed by atoms with Gasteiger partial charge in [0.15, 0.2) is 0 Å². The van der Waals surface area contributed by atoms with Crippen LogP contribution in [0.3, 0.4) is 0 Å². The van der Waals surface area contributed by atoms with Crippen LogP contribution in [0.1, 0.15) is 12.8 Å².